The van der Waals surface area contributed by atoms with Crippen LogP contribution in [-0.2, 0) is 23.1 Å². The van der Waals surface area contributed by atoms with Crippen molar-refractivity contribution in [3.8, 4) is 0 Å². The first-order valence-corrected chi connectivity index (χ1v) is 5.03. The van der Waals surface area contributed by atoms with Crippen molar-refractivity contribution in [1.29, 1.82) is 0 Å². The molecular weight excluding hydrogens is 203 g/mol. The van der Waals surface area contributed by atoms with E-state index in [-0.39, 0.29) is 0 Å². The summed E-state index contributed by atoms with van der Waals surface area (Å²) in [7, 11) is -1.73. The van der Waals surface area contributed by atoms with Crippen molar-refractivity contribution < 1.29 is 32.7 Å². The Morgan fingerprint density at radius 1 is 1.00 bits per heavy atom. The van der Waals surface area contributed by atoms with Gasteiger partial charge in [0.2, 0.25) is 0 Å². The lowest BCUT2D eigenvalue weighted by Gasteiger charge is -2.10. The fraction of sp³-hybridized carbons (Fsp3) is 0.600. The van der Waals surface area contributed by atoms with Crippen LogP contribution >= 0.6 is 7.60 Å². The number of carbonyl (C=O) groups excluding carboxylic acids is 2. The van der Waals surface area contributed by atoms with Gasteiger partial charge in [0.1, 0.15) is 0 Å². The molecule has 0 heterocycles. The van der Waals surface area contributed by atoms with Gasteiger partial charge in [-0.15, -0.1) is 0 Å². The largest absolute Gasteiger partial charge is 0.515 e. The first kappa shape index (κ1) is 11.8. The van der Waals surface area contributed by atoms with Gasteiger partial charge < -0.3 is 18.5 Å². The number of hydrogen-bond donors (Lipinski definition) is 0. The second-order valence-corrected chi connectivity index (χ2v) is 3.77. The van der Waals surface area contributed by atoms with E-state index in [1.54, 1.807) is 0 Å². The van der Waals surface area contributed by atoms with Crippen LogP contribution in [-0.4, -0.2) is 33.2 Å². The predicted molar refractivity (Wildman–Crippen MR) is 40.5 cm³/mol. The molecule has 0 rings (SSSR count). The minimum absolute atomic E-state index is 0.931. The molecule has 76 valence electrons. The zero-order chi connectivity index (χ0) is 10.5. The van der Waals surface area contributed by atoms with E-state index in [9.17, 15) is 14.2 Å². The number of carbonyl (C=O) groups is 2. The van der Waals surface area contributed by atoms with Gasteiger partial charge in [-0.2, -0.15) is 0 Å². The quantitative estimate of drug-likeness (QED) is 0.504. The maximum absolute atomic E-state index is 11.1. The summed E-state index contributed by atoms with van der Waals surface area (Å²) in [5.41, 5.74) is 0. The third-order valence-electron chi connectivity index (χ3n) is 0.814. The van der Waals surface area contributed by atoms with Crippen LogP contribution in [0.4, 0.5) is 9.59 Å². The van der Waals surface area contributed by atoms with E-state index < -0.39 is 19.9 Å². The number of hydrogen-bond acceptors (Lipinski definition) is 7. The average Bonchev–Trinajstić information content (AvgIpc) is 2.02. The molecule has 0 amide bonds. The van der Waals surface area contributed by atoms with Crippen molar-refractivity contribution in [2.24, 2.45) is 0 Å². The lowest BCUT2D eigenvalue weighted by molar-refractivity contribution is 0.0981. The molecule has 0 aliphatic rings. The zero-order valence-corrected chi connectivity index (χ0v) is 8.20. The average molecular weight is 212 g/mol. The second kappa shape index (κ2) is 4.71. The van der Waals surface area contributed by atoms with Gasteiger partial charge in [0.25, 0.3) is 0 Å². The Morgan fingerprint density at radius 2 is 1.31 bits per heavy atom. The smallest absolute Gasteiger partial charge is 0.437 e. The van der Waals surface area contributed by atoms with Gasteiger partial charge in [-0.3, -0.25) is 0 Å². The Balaban J connectivity index is 4.16. The predicted octanol–water partition coefficient (Wildman–Crippen LogP) is 1.38. The third kappa shape index (κ3) is 5.08. The molecule has 0 saturated heterocycles. The standard InChI is InChI=1S/C5H9O7P/c1-9-4(6)11-13(3,8)12-5(7)10-2/h1-3H3. The molecule has 0 unspecified atom stereocenters. The van der Waals surface area contributed by atoms with Crippen molar-refractivity contribution in [3.05, 3.63) is 0 Å². The van der Waals surface area contributed by atoms with E-state index in [1.165, 1.54) is 0 Å². The number of methoxy groups -OCH3 is 2. The Bertz CT molecular complexity index is 225. The number of rotatable bonds is 2. The molecule has 0 aromatic heterocycles. The summed E-state index contributed by atoms with van der Waals surface area (Å²) in [6.07, 6.45) is -2.40. The third-order valence-corrected chi connectivity index (χ3v) is 1.78. The van der Waals surface area contributed by atoms with E-state index in [1.807, 2.05) is 0 Å². The molecule has 0 aliphatic carbocycles. The number of ether oxygens (including phenoxy) is 2. The molecule has 0 radical (unpaired) electrons. The van der Waals surface area contributed by atoms with Crippen LogP contribution in [0.2, 0.25) is 0 Å². The van der Waals surface area contributed by atoms with Gasteiger partial charge in [-0.1, -0.05) is 0 Å². The first-order chi connectivity index (χ1) is 5.91. The summed E-state index contributed by atoms with van der Waals surface area (Å²) >= 11 is 0. The Labute approximate surface area is 74.4 Å². The first-order valence-electron chi connectivity index (χ1n) is 3.04. The molecule has 0 aromatic rings. The van der Waals surface area contributed by atoms with Gasteiger partial charge in [-0.25, -0.2) is 14.2 Å². The van der Waals surface area contributed by atoms with Crippen LogP contribution in [0.5, 0.6) is 0 Å². The normalized spacial score (nSPS) is 10.1. The van der Waals surface area contributed by atoms with Crippen LogP contribution in [0.3, 0.4) is 0 Å². The maximum atomic E-state index is 11.1. The summed E-state index contributed by atoms with van der Waals surface area (Å²) in [5, 5.41) is 0. The molecular formula is C5H9O7P. The molecule has 8 heteroatoms. The van der Waals surface area contributed by atoms with Crippen LogP contribution in [0.15, 0.2) is 0 Å². The topological polar surface area (TPSA) is 88.1 Å². The summed E-state index contributed by atoms with van der Waals surface area (Å²) in [6.45, 7) is 0.931. The molecule has 13 heavy (non-hydrogen) atoms. The molecule has 0 aliphatic heterocycles. The summed E-state index contributed by atoms with van der Waals surface area (Å²) in [6, 6.07) is 0. The van der Waals surface area contributed by atoms with Crippen LogP contribution < -0.4 is 0 Å². The molecule has 0 atom stereocenters. The van der Waals surface area contributed by atoms with Crippen molar-refractivity contribution in [2.45, 2.75) is 0 Å². The van der Waals surface area contributed by atoms with Gasteiger partial charge in [0, 0.05) is 0 Å². The van der Waals surface area contributed by atoms with E-state index in [2.05, 4.69) is 18.5 Å². The van der Waals surface area contributed by atoms with E-state index >= 15 is 0 Å². The minimum Gasteiger partial charge on any atom is -0.437 e. The fourth-order valence-electron chi connectivity index (χ4n) is 0.364. The van der Waals surface area contributed by atoms with Crippen molar-refractivity contribution >= 4 is 19.9 Å². The molecule has 0 aromatic carbocycles. The maximum Gasteiger partial charge on any atom is 0.515 e. The van der Waals surface area contributed by atoms with Gasteiger partial charge in [0.15, 0.2) is 0 Å². The Morgan fingerprint density at radius 3 is 1.54 bits per heavy atom. The van der Waals surface area contributed by atoms with Crippen LogP contribution in [0.25, 0.3) is 0 Å². The highest BCUT2D eigenvalue weighted by Gasteiger charge is 2.27. The highest BCUT2D eigenvalue weighted by Crippen LogP contribution is 2.44. The molecule has 0 spiro atoms. The van der Waals surface area contributed by atoms with E-state index in [0.29, 0.717) is 0 Å². The summed E-state index contributed by atoms with van der Waals surface area (Å²) < 4.78 is 27.4. The molecule has 0 saturated carbocycles. The highest BCUT2D eigenvalue weighted by molar-refractivity contribution is 7.54. The van der Waals surface area contributed by atoms with Crippen molar-refractivity contribution in [1.82, 2.24) is 0 Å². The van der Waals surface area contributed by atoms with Crippen molar-refractivity contribution in [2.75, 3.05) is 20.9 Å². The molecule has 0 N–H and O–H groups in total. The van der Waals surface area contributed by atoms with E-state index in [4.69, 9.17) is 0 Å². The van der Waals surface area contributed by atoms with Gasteiger partial charge in [-0.05, 0) is 0 Å². The second-order valence-electron chi connectivity index (χ2n) is 1.86. The summed E-state index contributed by atoms with van der Waals surface area (Å²) in [4.78, 5) is 20.9. The minimum atomic E-state index is -3.79. The highest BCUT2D eigenvalue weighted by atomic mass is 31.2. The Hall–Kier alpha value is -1.23. The lowest BCUT2D eigenvalue weighted by atomic mass is 11.4. The van der Waals surface area contributed by atoms with Gasteiger partial charge in [0.05, 0.1) is 20.9 Å². The zero-order valence-electron chi connectivity index (χ0n) is 7.30. The van der Waals surface area contributed by atoms with Crippen LogP contribution in [0, 0.1) is 0 Å². The molecule has 0 bridgehead atoms. The van der Waals surface area contributed by atoms with Crippen LogP contribution in [0.1, 0.15) is 0 Å². The molecule has 7 nitrogen and oxygen atoms in total. The summed E-state index contributed by atoms with van der Waals surface area (Å²) in [5.74, 6) is 0. The SMILES string of the molecule is COC(=O)OP(C)(=O)OC(=O)OC. The van der Waals surface area contributed by atoms with Crippen molar-refractivity contribution in [3.63, 3.8) is 0 Å². The van der Waals surface area contributed by atoms with E-state index in [0.717, 1.165) is 20.9 Å². The Kier molecular flexibility index (Phi) is 4.27. The molecule has 0 fully saturated rings. The lowest BCUT2D eigenvalue weighted by Crippen LogP contribution is -2.08. The monoisotopic (exact) mass is 212 g/mol. The van der Waals surface area contributed by atoms with Gasteiger partial charge >= 0.3 is 19.9 Å². The fourth-order valence-corrected chi connectivity index (χ4v) is 1.09.